The summed E-state index contributed by atoms with van der Waals surface area (Å²) in [6.07, 6.45) is 4.50. The van der Waals surface area contributed by atoms with Crippen LogP contribution < -0.4 is 0 Å². The second-order valence-electron chi connectivity index (χ2n) is 6.11. The topological polar surface area (TPSA) is 9.23 Å². The lowest BCUT2D eigenvalue weighted by atomic mass is 10.0. The van der Waals surface area contributed by atoms with Crippen LogP contribution in [0.15, 0.2) is 57.5 Å². The summed E-state index contributed by atoms with van der Waals surface area (Å²) in [6, 6.07) is 17.1. The largest absolute Gasteiger partial charge is 0.359 e. The molecule has 2 fully saturated rings. The van der Waals surface area contributed by atoms with Crippen molar-refractivity contribution in [1.29, 1.82) is 0 Å². The van der Waals surface area contributed by atoms with Crippen LogP contribution in [0, 0.1) is 0 Å². The fourth-order valence-electron chi connectivity index (χ4n) is 3.04. The number of hydrogen-bond acceptors (Lipinski definition) is 1. The molecule has 0 amide bonds. The van der Waals surface area contributed by atoms with Gasteiger partial charge in [0.15, 0.2) is 0 Å². The van der Waals surface area contributed by atoms with Crippen LogP contribution in [0.2, 0.25) is 0 Å². The second kappa shape index (κ2) is 4.94. The molecule has 3 heteroatoms. The van der Waals surface area contributed by atoms with E-state index in [1.54, 1.807) is 0 Å². The van der Waals surface area contributed by atoms with E-state index in [0.717, 1.165) is 34.6 Å². The molecular formula is C18H16Br2O. The number of hydrogen-bond donors (Lipinski definition) is 0. The first-order valence-electron chi connectivity index (χ1n) is 7.34. The highest BCUT2D eigenvalue weighted by Crippen LogP contribution is 2.60. The minimum Gasteiger partial charge on any atom is -0.359 e. The molecule has 0 unspecified atom stereocenters. The zero-order valence-electron chi connectivity index (χ0n) is 11.6. The van der Waals surface area contributed by atoms with Crippen molar-refractivity contribution in [3.05, 3.63) is 68.6 Å². The molecule has 0 saturated heterocycles. The fraction of sp³-hybridized carbons (Fsp3) is 0.333. The minimum absolute atomic E-state index is 0.0669. The van der Waals surface area contributed by atoms with Crippen molar-refractivity contribution in [3.63, 3.8) is 0 Å². The molecule has 0 atom stereocenters. The number of halogens is 2. The van der Waals surface area contributed by atoms with E-state index in [9.17, 15) is 0 Å². The SMILES string of the molecule is Brc1cccc(C2(OC3(c4cccc(Br)c4)CC3)CC2)c1. The average Bonchev–Trinajstić information content (AvgIpc) is 3.38. The van der Waals surface area contributed by atoms with Crippen molar-refractivity contribution in [2.45, 2.75) is 36.9 Å². The van der Waals surface area contributed by atoms with Crippen LogP contribution in [0.25, 0.3) is 0 Å². The molecule has 2 aliphatic carbocycles. The highest BCUT2D eigenvalue weighted by atomic mass is 79.9. The molecule has 21 heavy (non-hydrogen) atoms. The average molecular weight is 408 g/mol. The summed E-state index contributed by atoms with van der Waals surface area (Å²) in [4.78, 5) is 0. The third-order valence-corrected chi connectivity index (χ3v) is 5.49. The van der Waals surface area contributed by atoms with Gasteiger partial charge in [-0.15, -0.1) is 0 Å². The van der Waals surface area contributed by atoms with E-state index in [0.29, 0.717) is 0 Å². The summed E-state index contributed by atoms with van der Waals surface area (Å²) >= 11 is 7.14. The molecule has 4 rings (SSSR count). The van der Waals surface area contributed by atoms with Crippen molar-refractivity contribution in [2.75, 3.05) is 0 Å². The normalized spacial score (nSPS) is 21.0. The van der Waals surface area contributed by atoms with Gasteiger partial charge in [-0.05, 0) is 61.1 Å². The Morgan fingerprint density at radius 3 is 1.48 bits per heavy atom. The minimum atomic E-state index is -0.0669. The van der Waals surface area contributed by atoms with E-state index < -0.39 is 0 Å². The molecule has 0 aromatic heterocycles. The first kappa shape index (κ1) is 14.0. The van der Waals surface area contributed by atoms with Gasteiger partial charge in [0.1, 0.15) is 0 Å². The second-order valence-corrected chi connectivity index (χ2v) is 7.94. The van der Waals surface area contributed by atoms with Crippen LogP contribution >= 0.6 is 31.9 Å². The Morgan fingerprint density at radius 1 is 0.714 bits per heavy atom. The summed E-state index contributed by atoms with van der Waals surface area (Å²) in [5.74, 6) is 0. The maximum absolute atomic E-state index is 6.69. The van der Waals surface area contributed by atoms with Crippen LogP contribution in [0.3, 0.4) is 0 Å². The third-order valence-electron chi connectivity index (χ3n) is 4.50. The van der Waals surface area contributed by atoms with E-state index in [1.807, 2.05) is 0 Å². The summed E-state index contributed by atoms with van der Waals surface area (Å²) in [5, 5.41) is 0. The first-order valence-corrected chi connectivity index (χ1v) is 8.93. The Bertz CT molecular complexity index is 628. The van der Waals surface area contributed by atoms with Gasteiger partial charge in [0.2, 0.25) is 0 Å². The van der Waals surface area contributed by atoms with Crippen LogP contribution in [0.4, 0.5) is 0 Å². The quantitative estimate of drug-likeness (QED) is 0.612. The first-order chi connectivity index (χ1) is 10.1. The van der Waals surface area contributed by atoms with Crippen LogP contribution in [0.5, 0.6) is 0 Å². The van der Waals surface area contributed by atoms with Crippen molar-refractivity contribution < 1.29 is 4.74 Å². The van der Waals surface area contributed by atoms with E-state index in [-0.39, 0.29) is 11.2 Å². The molecule has 0 heterocycles. The van der Waals surface area contributed by atoms with Crippen LogP contribution in [-0.2, 0) is 15.9 Å². The molecular weight excluding hydrogens is 392 g/mol. The monoisotopic (exact) mass is 406 g/mol. The van der Waals surface area contributed by atoms with Gasteiger partial charge in [0.25, 0.3) is 0 Å². The van der Waals surface area contributed by atoms with E-state index in [2.05, 4.69) is 80.4 Å². The lowest BCUT2D eigenvalue weighted by Crippen LogP contribution is -2.22. The summed E-state index contributed by atoms with van der Waals surface area (Å²) in [7, 11) is 0. The van der Waals surface area contributed by atoms with Crippen molar-refractivity contribution in [3.8, 4) is 0 Å². The lowest BCUT2D eigenvalue weighted by Gasteiger charge is -2.26. The highest BCUT2D eigenvalue weighted by Gasteiger charge is 2.57. The molecule has 0 bridgehead atoms. The molecule has 2 aromatic rings. The Hall–Kier alpha value is -0.640. The number of benzene rings is 2. The smallest absolute Gasteiger partial charge is 0.0946 e. The van der Waals surface area contributed by atoms with Gasteiger partial charge in [0, 0.05) is 8.95 Å². The van der Waals surface area contributed by atoms with E-state index in [4.69, 9.17) is 4.74 Å². The molecule has 0 spiro atoms. The van der Waals surface area contributed by atoms with Gasteiger partial charge in [-0.25, -0.2) is 0 Å². The Kier molecular flexibility index (Phi) is 3.29. The van der Waals surface area contributed by atoms with Crippen molar-refractivity contribution in [1.82, 2.24) is 0 Å². The van der Waals surface area contributed by atoms with Gasteiger partial charge >= 0.3 is 0 Å². The zero-order chi connectivity index (χ0) is 14.5. The fourth-order valence-corrected chi connectivity index (χ4v) is 3.84. The number of ether oxygens (including phenoxy) is 1. The lowest BCUT2D eigenvalue weighted by molar-refractivity contribution is -0.0551. The zero-order valence-corrected chi connectivity index (χ0v) is 14.8. The predicted molar refractivity (Wildman–Crippen MR) is 91.2 cm³/mol. The molecule has 108 valence electrons. The molecule has 1 nitrogen and oxygen atoms in total. The molecule has 2 saturated carbocycles. The van der Waals surface area contributed by atoms with Crippen LogP contribution in [0.1, 0.15) is 36.8 Å². The molecule has 2 aliphatic rings. The van der Waals surface area contributed by atoms with Gasteiger partial charge in [-0.3, -0.25) is 0 Å². The molecule has 0 radical (unpaired) electrons. The standard InChI is InChI=1S/C18H16Br2O/c19-15-5-1-3-13(11-15)17(7-8-17)21-18(9-10-18)14-4-2-6-16(20)12-14/h1-6,11-12H,7-10H2. The highest BCUT2D eigenvalue weighted by molar-refractivity contribution is 9.10. The van der Waals surface area contributed by atoms with Crippen molar-refractivity contribution in [2.24, 2.45) is 0 Å². The maximum Gasteiger partial charge on any atom is 0.0946 e. The predicted octanol–water partition coefficient (Wildman–Crippen LogP) is 5.91. The Balaban J connectivity index is 1.64. The Labute approximate surface area is 142 Å². The third kappa shape index (κ3) is 2.60. The summed E-state index contributed by atoms with van der Waals surface area (Å²) < 4.78 is 8.94. The number of rotatable bonds is 4. The van der Waals surface area contributed by atoms with E-state index in [1.165, 1.54) is 11.1 Å². The van der Waals surface area contributed by atoms with Gasteiger partial charge in [-0.2, -0.15) is 0 Å². The summed E-state index contributed by atoms with van der Waals surface area (Å²) in [6.45, 7) is 0. The van der Waals surface area contributed by atoms with Crippen molar-refractivity contribution >= 4 is 31.9 Å². The van der Waals surface area contributed by atoms with E-state index >= 15 is 0 Å². The van der Waals surface area contributed by atoms with Gasteiger partial charge in [-0.1, -0.05) is 56.1 Å². The van der Waals surface area contributed by atoms with Gasteiger partial charge in [0.05, 0.1) is 11.2 Å². The van der Waals surface area contributed by atoms with Gasteiger partial charge < -0.3 is 4.74 Å². The maximum atomic E-state index is 6.69. The summed E-state index contributed by atoms with van der Waals surface area (Å²) in [5.41, 5.74) is 2.47. The van der Waals surface area contributed by atoms with Crippen LogP contribution in [-0.4, -0.2) is 0 Å². The molecule has 2 aromatic carbocycles. The molecule has 0 aliphatic heterocycles. The Morgan fingerprint density at radius 2 is 1.14 bits per heavy atom. The molecule has 0 N–H and O–H groups in total.